The molecule has 0 bridgehead atoms. The van der Waals surface area contributed by atoms with Crippen LogP contribution >= 0.6 is 11.3 Å². The van der Waals surface area contributed by atoms with Crippen LogP contribution in [0.15, 0.2) is 24.3 Å². The molecule has 1 heterocycles. The molecule has 3 nitrogen and oxygen atoms in total. The minimum atomic E-state index is -0.612. The molecule has 1 aromatic carbocycles. The first-order valence-corrected chi connectivity index (χ1v) is 6.97. The maximum absolute atomic E-state index is 14.0. The molecule has 0 fully saturated rings. The number of aryl methyl sites for hydroxylation is 1. The molecule has 5 heteroatoms. The first-order chi connectivity index (χ1) is 9.60. The highest BCUT2D eigenvalue weighted by Gasteiger charge is 2.19. The first kappa shape index (κ1) is 14.5. The van der Waals surface area contributed by atoms with Crippen LogP contribution in [0, 0.1) is 5.82 Å². The Hall–Kier alpha value is -1.88. The van der Waals surface area contributed by atoms with Crippen LogP contribution in [0.25, 0.3) is 0 Å². The second-order valence-electron chi connectivity index (χ2n) is 4.14. The van der Waals surface area contributed by atoms with E-state index in [1.807, 2.05) is 13.0 Å². The van der Waals surface area contributed by atoms with Gasteiger partial charge in [-0.25, -0.2) is 4.39 Å². The standard InChI is InChI=1S/C15H15FO3S/c1-4-9-5-6-14(20-9)15(17)10-7-12(18-2)13(19-3)8-11(10)16/h5-8H,4H2,1-3H3. The summed E-state index contributed by atoms with van der Waals surface area (Å²) in [5, 5.41) is 0. The Kier molecular flexibility index (Phi) is 4.39. The molecule has 0 amide bonds. The Bertz CT molecular complexity index is 634. The molecular formula is C15H15FO3S. The average Bonchev–Trinajstić information content (AvgIpc) is 2.95. The van der Waals surface area contributed by atoms with Crippen molar-refractivity contribution in [3.05, 3.63) is 45.4 Å². The Morgan fingerprint density at radius 3 is 2.40 bits per heavy atom. The number of ketones is 1. The largest absolute Gasteiger partial charge is 0.493 e. The highest BCUT2D eigenvalue weighted by Crippen LogP contribution is 2.31. The van der Waals surface area contributed by atoms with Gasteiger partial charge < -0.3 is 9.47 Å². The Labute approximate surface area is 121 Å². The molecule has 2 rings (SSSR count). The molecule has 0 aliphatic rings. The third-order valence-electron chi connectivity index (χ3n) is 2.95. The molecule has 20 heavy (non-hydrogen) atoms. The number of halogens is 1. The topological polar surface area (TPSA) is 35.5 Å². The molecule has 2 aromatic rings. The second kappa shape index (κ2) is 6.05. The highest BCUT2D eigenvalue weighted by atomic mass is 32.1. The van der Waals surface area contributed by atoms with Gasteiger partial charge in [0.2, 0.25) is 5.78 Å². The predicted octanol–water partition coefficient (Wildman–Crippen LogP) is 3.70. The van der Waals surface area contributed by atoms with Crippen LogP contribution in [-0.2, 0) is 6.42 Å². The van der Waals surface area contributed by atoms with Gasteiger partial charge in [-0.15, -0.1) is 11.3 Å². The lowest BCUT2D eigenvalue weighted by atomic mass is 10.1. The van der Waals surface area contributed by atoms with Crippen molar-refractivity contribution < 1.29 is 18.7 Å². The summed E-state index contributed by atoms with van der Waals surface area (Å²) >= 11 is 1.38. The number of thiophene rings is 1. The number of benzene rings is 1. The molecule has 1 aromatic heterocycles. The number of hydrogen-bond acceptors (Lipinski definition) is 4. The maximum Gasteiger partial charge on any atom is 0.206 e. The van der Waals surface area contributed by atoms with Crippen LogP contribution in [-0.4, -0.2) is 20.0 Å². The van der Waals surface area contributed by atoms with Gasteiger partial charge in [0.15, 0.2) is 11.5 Å². The fourth-order valence-electron chi connectivity index (χ4n) is 1.85. The van der Waals surface area contributed by atoms with Crippen LogP contribution < -0.4 is 9.47 Å². The third kappa shape index (κ3) is 2.67. The van der Waals surface area contributed by atoms with Crippen LogP contribution in [0.4, 0.5) is 4.39 Å². The lowest BCUT2D eigenvalue weighted by molar-refractivity contribution is 0.103. The van der Waals surface area contributed by atoms with Crippen molar-refractivity contribution in [3.63, 3.8) is 0 Å². The van der Waals surface area contributed by atoms with Crippen molar-refractivity contribution >= 4 is 17.1 Å². The van der Waals surface area contributed by atoms with Gasteiger partial charge in [0.1, 0.15) is 5.82 Å². The molecule has 0 N–H and O–H groups in total. The molecule has 0 unspecified atom stereocenters. The Morgan fingerprint density at radius 1 is 1.20 bits per heavy atom. The molecule has 106 valence electrons. The molecule has 0 saturated carbocycles. The summed E-state index contributed by atoms with van der Waals surface area (Å²) in [4.78, 5) is 14.0. The van der Waals surface area contributed by atoms with Gasteiger partial charge in [0, 0.05) is 10.9 Å². The maximum atomic E-state index is 14.0. The molecule has 0 aliphatic carbocycles. The number of carbonyl (C=O) groups excluding carboxylic acids is 1. The van der Waals surface area contributed by atoms with Gasteiger partial charge in [-0.3, -0.25) is 4.79 Å². The molecular weight excluding hydrogens is 279 g/mol. The fraction of sp³-hybridized carbons (Fsp3) is 0.267. The molecule has 0 spiro atoms. The van der Waals surface area contributed by atoms with Crippen LogP contribution in [0.3, 0.4) is 0 Å². The van der Waals surface area contributed by atoms with Gasteiger partial charge in [-0.05, 0) is 24.6 Å². The Balaban J connectivity index is 2.43. The minimum absolute atomic E-state index is 0.00727. The van der Waals surface area contributed by atoms with Crippen LogP contribution in [0.5, 0.6) is 11.5 Å². The predicted molar refractivity (Wildman–Crippen MR) is 76.6 cm³/mol. The quantitative estimate of drug-likeness (QED) is 0.789. The van der Waals surface area contributed by atoms with E-state index in [0.29, 0.717) is 10.6 Å². The minimum Gasteiger partial charge on any atom is -0.493 e. The van der Waals surface area contributed by atoms with Crippen molar-refractivity contribution in [2.24, 2.45) is 0 Å². The van der Waals surface area contributed by atoms with Crippen molar-refractivity contribution in [2.75, 3.05) is 14.2 Å². The third-order valence-corrected chi connectivity index (χ3v) is 4.18. The van der Waals surface area contributed by atoms with E-state index in [1.54, 1.807) is 6.07 Å². The van der Waals surface area contributed by atoms with Crippen molar-refractivity contribution in [1.82, 2.24) is 0 Å². The van der Waals surface area contributed by atoms with E-state index in [1.165, 1.54) is 37.7 Å². The lowest BCUT2D eigenvalue weighted by Gasteiger charge is -2.09. The van der Waals surface area contributed by atoms with Gasteiger partial charge in [-0.2, -0.15) is 0 Å². The summed E-state index contributed by atoms with van der Waals surface area (Å²) in [6.07, 6.45) is 0.854. The van der Waals surface area contributed by atoms with Crippen molar-refractivity contribution in [1.29, 1.82) is 0 Å². The van der Waals surface area contributed by atoms with Crippen molar-refractivity contribution in [2.45, 2.75) is 13.3 Å². The average molecular weight is 294 g/mol. The first-order valence-electron chi connectivity index (χ1n) is 6.15. The van der Waals surface area contributed by atoms with E-state index in [-0.39, 0.29) is 17.1 Å². The monoisotopic (exact) mass is 294 g/mol. The summed E-state index contributed by atoms with van der Waals surface area (Å²) in [5.74, 6) is -0.348. The number of carbonyl (C=O) groups is 1. The zero-order chi connectivity index (χ0) is 14.7. The van der Waals surface area contributed by atoms with Crippen LogP contribution in [0.1, 0.15) is 27.0 Å². The normalized spacial score (nSPS) is 10.4. The fourth-order valence-corrected chi connectivity index (χ4v) is 2.75. The van der Waals surface area contributed by atoms with E-state index in [2.05, 4.69) is 0 Å². The van der Waals surface area contributed by atoms with E-state index in [4.69, 9.17) is 9.47 Å². The number of ether oxygens (including phenoxy) is 2. The summed E-state index contributed by atoms with van der Waals surface area (Å²) in [7, 11) is 2.87. The van der Waals surface area contributed by atoms with Crippen molar-refractivity contribution in [3.8, 4) is 11.5 Å². The van der Waals surface area contributed by atoms with E-state index < -0.39 is 5.82 Å². The highest BCUT2D eigenvalue weighted by molar-refractivity contribution is 7.14. The summed E-state index contributed by atoms with van der Waals surface area (Å²) in [5.41, 5.74) is -0.00727. The van der Waals surface area contributed by atoms with Gasteiger partial charge in [0.25, 0.3) is 0 Å². The van der Waals surface area contributed by atoms with E-state index in [0.717, 1.165) is 11.3 Å². The van der Waals surface area contributed by atoms with Gasteiger partial charge in [-0.1, -0.05) is 6.92 Å². The second-order valence-corrected chi connectivity index (χ2v) is 5.30. The van der Waals surface area contributed by atoms with Gasteiger partial charge >= 0.3 is 0 Å². The summed E-state index contributed by atoms with van der Waals surface area (Å²) in [6.45, 7) is 2.01. The summed E-state index contributed by atoms with van der Waals surface area (Å²) < 4.78 is 24.1. The molecule has 0 aliphatic heterocycles. The van der Waals surface area contributed by atoms with Crippen LogP contribution in [0.2, 0.25) is 0 Å². The van der Waals surface area contributed by atoms with E-state index in [9.17, 15) is 9.18 Å². The molecule has 0 radical (unpaired) electrons. The smallest absolute Gasteiger partial charge is 0.206 e. The SMILES string of the molecule is CCc1ccc(C(=O)c2cc(OC)c(OC)cc2F)s1. The molecule has 0 saturated heterocycles. The number of rotatable bonds is 5. The lowest BCUT2D eigenvalue weighted by Crippen LogP contribution is -2.04. The number of methoxy groups -OCH3 is 2. The summed E-state index contributed by atoms with van der Waals surface area (Å²) in [6, 6.07) is 6.15. The zero-order valence-electron chi connectivity index (χ0n) is 11.5. The van der Waals surface area contributed by atoms with E-state index >= 15 is 0 Å². The number of hydrogen-bond donors (Lipinski definition) is 0. The van der Waals surface area contributed by atoms with Gasteiger partial charge in [0.05, 0.1) is 24.7 Å². The zero-order valence-corrected chi connectivity index (χ0v) is 12.3. The Morgan fingerprint density at radius 2 is 1.85 bits per heavy atom. The molecule has 0 atom stereocenters.